The van der Waals surface area contributed by atoms with Gasteiger partial charge in [0.25, 0.3) is 0 Å². The zero-order chi connectivity index (χ0) is 12.4. The summed E-state index contributed by atoms with van der Waals surface area (Å²) in [6, 6.07) is 7.93. The van der Waals surface area contributed by atoms with Gasteiger partial charge in [-0.3, -0.25) is 4.68 Å². The van der Waals surface area contributed by atoms with E-state index in [1.54, 1.807) is 4.68 Å². The van der Waals surface area contributed by atoms with Crippen LogP contribution in [0, 0.1) is 0 Å². The molecular weight excluding hydrogens is 230 g/mol. The second-order valence-corrected chi connectivity index (χ2v) is 4.21. The van der Waals surface area contributed by atoms with Gasteiger partial charge in [0.05, 0.1) is 0 Å². The lowest BCUT2D eigenvalue weighted by Crippen LogP contribution is -2.15. The maximum Gasteiger partial charge on any atom is 0.161 e. The first-order chi connectivity index (χ1) is 8.81. The Morgan fingerprint density at radius 1 is 1.22 bits per heavy atom. The third-order valence-corrected chi connectivity index (χ3v) is 2.79. The SMILES string of the molecule is Cn1ccc(NCc2ccc3c(c2)OCCO3)n1. The highest BCUT2D eigenvalue weighted by Crippen LogP contribution is 2.30. The molecule has 0 saturated carbocycles. The molecule has 0 fully saturated rings. The molecule has 1 N–H and O–H groups in total. The van der Waals surface area contributed by atoms with Gasteiger partial charge in [0.1, 0.15) is 19.0 Å². The van der Waals surface area contributed by atoms with E-state index in [1.165, 1.54) is 0 Å². The van der Waals surface area contributed by atoms with Crippen molar-refractivity contribution in [3.8, 4) is 11.5 Å². The minimum Gasteiger partial charge on any atom is -0.486 e. The minimum atomic E-state index is 0.615. The summed E-state index contributed by atoms with van der Waals surface area (Å²) in [5.41, 5.74) is 1.14. The van der Waals surface area contributed by atoms with Crippen LogP contribution in [0.15, 0.2) is 30.5 Å². The number of aromatic nitrogens is 2. The fraction of sp³-hybridized carbons (Fsp3) is 0.308. The summed E-state index contributed by atoms with van der Waals surface area (Å²) >= 11 is 0. The Labute approximate surface area is 105 Å². The molecule has 1 aromatic carbocycles. The van der Waals surface area contributed by atoms with E-state index in [0.717, 1.165) is 22.9 Å². The van der Waals surface area contributed by atoms with E-state index < -0.39 is 0 Å². The van der Waals surface area contributed by atoms with E-state index in [4.69, 9.17) is 9.47 Å². The summed E-state index contributed by atoms with van der Waals surface area (Å²) in [7, 11) is 1.90. The Morgan fingerprint density at radius 2 is 2.06 bits per heavy atom. The highest BCUT2D eigenvalue weighted by Gasteiger charge is 2.11. The Morgan fingerprint density at radius 3 is 2.83 bits per heavy atom. The van der Waals surface area contributed by atoms with Crippen molar-refractivity contribution < 1.29 is 9.47 Å². The van der Waals surface area contributed by atoms with Gasteiger partial charge in [-0.1, -0.05) is 6.07 Å². The molecule has 1 aliphatic rings. The van der Waals surface area contributed by atoms with Gasteiger partial charge in [-0.05, 0) is 17.7 Å². The van der Waals surface area contributed by atoms with Crippen molar-refractivity contribution >= 4 is 5.82 Å². The van der Waals surface area contributed by atoms with Gasteiger partial charge in [0.2, 0.25) is 0 Å². The maximum absolute atomic E-state index is 5.55. The van der Waals surface area contributed by atoms with Gasteiger partial charge in [0.15, 0.2) is 11.5 Å². The molecule has 3 rings (SSSR count). The third-order valence-electron chi connectivity index (χ3n) is 2.79. The number of benzene rings is 1. The molecule has 5 nitrogen and oxygen atoms in total. The number of hydrogen-bond donors (Lipinski definition) is 1. The van der Waals surface area contributed by atoms with Crippen LogP contribution in [-0.2, 0) is 13.6 Å². The third kappa shape index (κ3) is 2.25. The molecule has 18 heavy (non-hydrogen) atoms. The summed E-state index contributed by atoms with van der Waals surface area (Å²) in [5.74, 6) is 2.51. The van der Waals surface area contributed by atoms with E-state index in [-0.39, 0.29) is 0 Å². The van der Waals surface area contributed by atoms with Crippen LogP contribution in [0.2, 0.25) is 0 Å². The van der Waals surface area contributed by atoms with Gasteiger partial charge < -0.3 is 14.8 Å². The second-order valence-electron chi connectivity index (χ2n) is 4.21. The Hall–Kier alpha value is -2.17. The van der Waals surface area contributed by atoms with E-state index in [0.29, 0.717) is 19.8 Å². The van der Waals surface area contributed by atoms with Crippen molar-refractivity contribution in [2.45, 2.75) is 6.54 Å². The largest absolute Gasteiger partial charge is 0.486 e. The van der Waals surface area contributed by atoms with Crippen LogP contribution in [0.5, 0.6) is 11.5 Å². The smallest absolute Gasteiger partial charge is 0.161 e. The molecule has 0 bridgehead atoms. The standard InChI is InChI=1S/C13H15N3O2/c1-16-5-4-13(15-16)14-9-10-2-3-11-12(8-10)18-7-6-17-11/h2-5,8H,6-7,9H2,1H3,(H,14,15). The van der Waals surface area contributed by atoms with Gasteiger partial charge >= 0.3 is 0 Å². The molecule has 94 valence electrons. The Kier molecular flexibility index (Phi) is 2.80. The molecule has 5 heteroatoms. The molecular formula is C13H15N3O2. The maximum atomic E-state index is 5.55. The molecule has 2 aromatic rings. The van der Waals surface area contributed by atoms with Gasteiger partial charge in [-0.2, -0.15) is 5.10 Å². The molecule has 0 spiro atoms. The van der Waals surface area contributed by atoms with E-state index in [1.807, 2.05) is 37.5 Å². The fourth-order valence-corrected chi connectivity index (χ4v) is 1.90. The van der Waals surface area contributed by atoms with Crippen LogP contribution in [0.1, 0.15) is 5.56 Å². The van der Waals surface area contributed by atoms with Crippen LogP contribution < -0.4 is 14.8 Å². The number of ether oxygens (including phenoxy) is 2. The summed E-state index contributed by atoms with van der Waals surface area (Å²) in [6.45, 7) is 1.95. The highest BCUT2D eigenvalue weighted by atomic mass is 16.6. The van der Waals surface area contributed by atoms with Crippen molar-refractivity contribution in [1.29, 1.82) is 0 Å². The normalized spacial score (nSPS) is 13.4. The van der Waals surface area contributed by atoms with Crippen molar-refractivity contribution in [2.75, 3.05) is 18.5 Å². The van der Waals surface area contributed by atoms with E-state index >= 15 is 0 Å². The number of rotatable bonds is 3. The minimum absolute atomic E-state index is 0.615. The molecule has 2 heterocycles. The quantitative estimate of drug-likeness (QED) is 0.895. The second kappa shape index (κ2) is 4.60. The lowest BCUT2D eigenvalue weighted by atomic mass is 10.2. The monoisotopic (exact) mass is 245 g/mol. The topological polar surface area (TPSA) is 48.3 Å². The van der Waals surface area contributed by atoms with Crippen LogP contribution in [0.4, 0.5) is 5.82 Å². The summed E-state index contributed by atoms with van der Waals surface area (Å²) < 4.78 is 12.8. The zero-order valence-electron chi connectivity index (χ0n) is 10.2. The molecule has 0 atom stereocenters. The van der Waals surface area contributed by atoms with Gasteiger partial charge in [0, 0.05) is 25.9 Å². The Balaban J connectivity index is 1.69. The average Bonchev–Trinajstić information content (AvgIpc) is 2.82. The number of nitrogens with one attached hydrogen (secondary N) is 1. The molecule has 0 amide bonds. The first-order valence-electron chi connectivity index (χ1n) is 5.93. The van der Waals surface area contributed by atoms with Crippen LogP contribution >= 0.6 is 0 Å². The zero-order valence-corrected chi connectivity index (χ0v) is 10.2. The molecule has 1 aliphatic heterocycles. The van der Waals surface area contributed by atoms with Gasteiger partial charge in [-0.15, -0.1) is 0 Å². The number of aryl methyl sites for hydroxylation is 1. The van der Waals surface area contributed by atoms with Crippen molar-refractivity contribution in [1.82, 2.24) is 9.78 Å². The molecule has 0 aliphatic carbocycles. The Bertz CT molecular complexity index is 551. The number of anilines is 1. The van der Waals surface area contributed by atoms with Gasteiger partial charge in [-0.25, -0.2) is 0 Å². The van der Waals surface area contributed by atoms with E-state index in [2.05, 4.69) is 10.4 Å². The van der Waals surface area contributed by atoms with Crippen LogP contribution in [0.3, 0.4) is 0 Å². The summed E-state index contributed by atoms with van der Waals surface area (Å²) in [6.07, 6.45) is 1.91. The van der Waals surface area contributed by atoms with Crippen molar-refractivity contribution in [3.63, 3.8) is 0 Å². The van der Waals surface area contributed by atoms with Crippen molar-refractivity contribution in [2.24, 2.45) is 7.05 Å². The molecule has 1 aromatic heterocycles. The predicted octanol–water partition coefficient (Wildman–Crippen LogP) is 1.80. The lowest BCUT2D eigenvalue weighted by molar-refractivity contribution is 0.171. The predicted molar refractivity (Wildman–Crippen MR) is 68.0 cm³/mol. The molecule has 0 saturated heterocycles. The lowest BCUT2D eigenvalue weighted by Gasteiger charge is -2.18. The summed E-state index contributed by atoms with van der Waals surface area (Å²) in [5, 5.41) is 7.52. The summed E-state index contributed by atoms with van der Waals surface area (Å²) in [4.78, 5) is 0. The first-order valence-corrected chi connectivity index (χ1v) is 5.93. The number of fused-ring (bicyclic) bond motifs is 1. The van der Waals surface area contributed by atoms with Crippen LogP contribution in [-0.4, -0.2) is 23.0 Å². The fourth-order valence-electron chi connectivity index (χ4n) is 1.90. The molecule has 0 unspecified atom stereocenters. The average molecular weight is 245 g/mol. The first kappa shape index (κ1) is 11.0. The van der Waals surface area contributed by atoms with E-state index in [9.17, 15) is 0 Å². The highest BCUT2D eigenvalue weighted by molar-refractivity contribution is 5.45. The number of hydrogen-bond acceptors (Lipinski definition) is 4. The number of nitrogens with zero attached hydrogens (tertiary/aromatic N) is 2. The van der Waals surface area contributed by atoms with Crippen molar-refractivity contribution in [3.05, 3.63) is 36.0 Å². The molecule has 0 radical (unpaired) electrons. The van der Waals surface area contributed by atoms with Crippen LogP contribution in [0.25, 0.3) is 0 Å².